The second-order valence-electron chi connectivity index (χ2n) is 4.47. The second kappa shape index (κ2) is 6.92. The van der Waals surface area contributed by atoms with Gasteiger partial charge in [-0.1, -0.05) is 12.8 Å². The summed E-state index contributed by atoms with van der Waals surface area (Å²) >= 11 is 1.98. The van der Waals surface area contributed by atoms with Crippen LogP contribution < -0.4 is 5.32 Å². The molecular weight excluding hydrogens is 226 g/mol. The Bertz CT molecular complexity index is 211. The van der Waals surface area contributed by atoms with Crippen molar-refractivity contribution in [3.05, 3.63) is 0 Å². The summed E-state index contributed by atoms with van der Waals surface area (Å²) in [5, 5.41) is 4.39. The maximum Gasteiger partial charge on any atom is 0.0383 e. The molecule has 4 heteroatoms. The second-order valence-corrected chi connectivity index (χ2v) is 7.03. The van der Waals surface area contributed by atoms with E-state index in [0.29, 0.717) is 12.1 Å². The number of rotatable bonds is 5. The average Bonchev–Trinajstić information content (AvgIpc) is 2.17. The molecule has 1 rings (SSSR count). The molecule has 1 aliphatic carbocycles. The molecule has 0 bridgehead atoms. The van der Waals surface area contributed by atoms with E-state index in [0.717, 1.165) is 11.0 Å². The predicted octanol–water partition coefficient (Wildman–Crippen LogP) is 2.02. The Morgan fingerprint density at radius 1 is 1.47 bits per heavy atom. The number of hydrogen-bond acceptors (Lipinski definition) is 3. The van der Waals surface area contributed by atoms with E-state index in [2.05, 4.69) is 18.5 Å². The standard InChI is InChI=1S/C11H23NOS2/c1-9(8-15(3)13)12-10-6-4-5-7-11(10)14-2/h9-12H,4-8H2,1-3H3. The van der Waals surface area contributed by atoms with E-state index < -0.39 is 10.8 Å². The van der Waals surface area contributed by atoms with E-state index in [9.17, 15) is 4.21 Å². The van der Waals surface area contributed by atoms with Gasteiger partial charge in [0.15, 0.2) is 0 Å². The molecule has 4 atom stereocenters. The summed E-state index contributed by atoms with van der Waals surface area (Å²) < 4.78 is 11.1. The van der Waals surface area contributed by atoms with Crippen LogP contribution in [0.4, 0.5) is 0 Å². The normalized spacial score (nSPS) is 31.1. The van der Waals surface area contributed by atoms with Crippen LogP contribution in [0.15, 0.2) is 0 Å². The summed E-state index contributed by atoms with van der Waals surface area (Å²) in [5.74, 6) is 0.775. The monoisotopic (exact) mass is 249 g/mol. The third-order valence-electron chi connectivity index (χ3n) is 2.99. The summed E-state index contributed by atoms with van der Waals surface area (Å²) in [6.45, 7) is 2.15. The highest BCUT2D eigenvalue weighted by atomic mass is 32.2. The van der Waals surface area contributed by atoms with Crippen LogP contribution in [0, 0.1) is 0 Å². The minimum atomic E-state index is -0.682. The molecule has 0 aromatic rings. The Morgan fingerprint density at radius 2 is 2.13 bits per heavy atom. The van der Waals surface area contributed by atoms with Crippen molar-refractivity contribution in [1.29, 1.82) is 0 Å². The Morgan fingerprint density at radius 3 is 2.73 bits per heavy atom. The molecule has 1 saturated carbocycles. The predicted molar refractivity (Wildman–Crippen MR) is 71.1 cm³/mol. The fourth-order valence-corrected chi connectivity index (χ4v) is 4.08. The lowest BCUT2D eigenvalue weighted by Crippen LogP contribution is -2.46. The van der Waals surface area contributed by atoms with Crippen LogP contribution in [0.1, 0.15) is 32.6 Å². The highest BCUT2D eigenvalue weighted by molar-refractivity contribution is 7.99. The molecule has 0 spiro atoms. The zero-order chi connectivity index (χ0) is 11.3. The van der Waals surface area contributed by atoms with Gasteiger partial charge < -0.3 is 5.32 Å². The molecule has 1 aliphatic rings. The van der Waals surface area contributed by atoms with E-state index in [1.54, 1.807) is 6.26 Å². The van der Waals surface area contributed by atoms with Crippen molar-refractivity contribution in [2.45, 2.75) is 49.9 Å². The summed E-state index contributed by atoms with van der Waals surface area (Å²) in [6.07, 6.45) is 9.32. The molecule has 0 aliphatic heterocycles. The highest BCUT2D eigenvalue weighted by Gasteiger charge is 2.25. The Labute approximate surface area is 100 Å². The third-order valence-corrected chi connectivity index (χ3v) is 5.13. The lowest BCUT2D eigenvalue weighted by molar-refractivity contribution is 0.363. The van der Waals surface area contributed by atoms with Gasteiger partial charge in [0.1, 0.15) is 0 Å². The lowest BCUT2D eigenvalue weighted by Gasteiger charge is -2.33. The van der Waals surface area contributed by atoms with Gasteiger partial charge in [0.2, 0.25) is 0 Å². The first-order valence-corrected chi connectivity index (χ1v) is 8.74. The zero-order valence-electron chi connectivity index (χ0n) is 9.99. The van der Waals surface area contributed by atoms with Crippen molar-refractivity contribution in [2.24, 2.45) is 0 Å². The number of thioether (sulfide) groups is 1. The van der Waals surface area contributed by atoms with Gasteiger partial charge in [-0.15, -0.1) is 0 Å². The minimum Gasteiger partial charge on any atom is -0.309 e. The van der Waals surface area contributed by atoms with Gasteiger partial charge in [0.25, 0.3) is 0 Å². The van der Waals surface area contributed by atoms with Crippen molar-refractivity contribution < 1.29 is 4.21 Å². The van der Waals surface area contributed by atoms with E-state index in [-0.39, 0.29) is 0 Å². The number of hydrogen-bond donors (Lipinski definition) is 1. The van der Waals surface area contributed by atoms with Crippen LogP contribution in [-0.4, -0.2) is 39.8 Å². The van der Waals surface area contributed by atoms with Gasteiger partial charge in [-0.2, -0.15) is 11.8 Å². The van der Waals surface area contributed by atoms with Gasteiger partial charge in [-0.3, -0.25) is 4.21 Å². The Balaban J connectivity index is 2.37. The molecular formula is C11H23NOS2. The topological polar surface area (TPSA) is 29.1 Å². The molecule has 0 saturated heterocycles. The average molecular weight is 249 g/mol. The van der Waals surface area contributed by atoms with Gasteiger partial charge in [-0.25, -0.2) is 0 Å². The van der Waals surface area contributed by atoms with Gasteiger partial charge in [0.05, 0.1) is 0 Å². The molecule has 1 N–H and O–H groups in total. The first-order valence-electron chi connectivity index (χ1n) is 5.72. The molecule has 4 unspecified atom stereocenters. The number of nitrogens with one attached hydrogen (secondary N) is 1. The molecule has 0 heterocycles. The minimum absolute atomic E-state index is 0.383. The van der Waals surface area contributed by atoms with E-state index in [1.165, 1.54) is 25.7 Å². The van der Waals surface area contributed by atoms with Crippen LogP contribution in [0.25, 0.3) is 0 Å². The Kier molecular flexibility index (Phi) is 6.24. The van der Waals surface area contributed by atoms with Crippen LogP contribution in [0.2, 0.25) is 0 Å². The largest absolute Gasteiger partial charge is 0.309 e. The third kappa shape index (κ3) is 4.87. The van der Waals surface area contributed by atoms with Crippen molar-refractivity contribution in [2.75, 3.05) is 18.3 Å². The van der Waals surface area contributed by atoms with Gasteiger partial charge in [0, 0.05) is 40.1 Å². The summed E-state index contributed by atoms with van der Waals surface area (Å²) in [4.78, 5) is 0. The SMILES string of the molecule is CSC1CCCCC1NC(C)CS(C)=O. The maximum atomic E-state index is 11.1. The molecule has 0 aromatic carbocycles. The summed E-state index contributed by atoms with van der Waals surface area (Å²) in [5.41, 5.74) is 0. The van der Waals surface area contributed by atoms with Crippen LogP contribution in [0.3, 0.4) is 0 Å². The molecule has 0 radical (unpaired) electrons. The Hall–Kier alpha value is 0.460. The quantitative estimate of drug-likeness (QED) is 0.808. The van der Waals surface area contributed by atoms with E-state index in [4.69, 9.17) is 0 Å². The fourth-order valence-electron chi connectivity index (χ4n) is 2.34. The molecule has 0 aromatic heterocycles. The van der Waals surface area contributed by atoms with E-state index in [1.807, 2.05) is 11.8 Å². The van der Waals surface area contributed by atoms with Gasteiger partial charge in [-0.05, 0) is 26.0 Å². The van der Waals surface area contributed by atoms with Crippen LogP contribution in [0.5, 0.6) is 0 Å². The summed E-state index contributed by atoms with van der Waals surface area (Å²) in [7, 11) is -0.682. The molecule has 15 heavy (non-hydrogen) atoms. The molecule has 90 valence electrons. The highest BCUT2D eigenvalue weighted by Crippen LogP contribution is 2.27. The fraction of sp³-hybridized carbons (Fsp3) is 1.00. The van der Waals surface area contributed by atoms with Crippen LogP contribution in [-0.2, 0) is 10.8 Å². The molecule has 2 nitrogen and oxygen atoms in total. The van der Waals surface area contributed by atoms with Crippen molar-refractivity contribution in [3.8, 4) is 0 Å². The molecule has 1 fully saturated rings. The van der Waals surface area contributed by atoms with E-state index >= 15 is 0 Å². The van der Waals surface area contributed by atoms with Crippen LogP contribution >= 0.6 is 11.8 Å². The lowest BCUT2D eigenvalue weighted by atomic mass is 9.94. The first-order chi connectivity index (χ1) is 7.13. The smallest absolute Gasteiger partial charge is 0.0383 e. The molecule has 0 amide bonds. The van der Waals surface area contributed by atoms with Crippen molar-refractivity contribution >= 4 is 22.6 Å². The van der Waals surface area contributed by atoms with Crippen molar-refractivity contribution in [1.82, 2.24) is 5.32 Å². The van der Waals surface area contributed by atoms with Crippen molar-refractivity contribution in [3.63, 3.8) is 0 Å². The van der Waals surface area contributed by atoms with Gasteiger partial charge >= 0.3 is 0 Å². The zero-order valence-corrected chi connectivity index (χ0v) is 11.6. The first kappa shape index (κ1) is 13.5. The maximum absolute atomic E-state index is 11.1. The summed E-state index contributed by atoms with van der Waals surface area (Å²) in [6, 6.07) is 1.01.